The van der Waals surface area contributed by atoms with E-state index in [2.05, 4.69) is 6.92 Å². The molecule has 5 nitrogen and oxygen atoms in total. The topological polar surface area (TPSA) is 57.0 Å². The molecule has 1 aliphatic rings. The third kappa shape index (κ3) is 4.45. The molecule has 106 valence electrons. The van der Waals surface area contributed by atoms with Crippen molar-refractivity contribution < 1.29 is 13.8 Å². The summed E-state index contributed by atoms with van der Waals surface area (Å²) in [6.07, 6.45) is 0. The van der Waals surface area contributed by atoms with Crippen molar-refractivity contribution >= 4 is 12.0 Å². The van der Waals surface area contributed by atoms with E-state index < -0.39 is 5.72 Å². The predicted molar refractivity (Wildman–Crippen MR) is 74.4 cm³/mol. The molecule has 1 atom stereocenters. The van der Waals surface area contributed by atoms with Crippen molar-refractivity contribution in [2.24, 2.45) is 5.73 Å². The first kappa shape index (κ1) is 14.8. The first-order valence-electron chi connectivity index (χ1n) is 6.19. The van der Waals surface area contributed by atoms with Crippen LogP contribution in [0.25, 0.3) is 0 Å². The van der Waals surface area contributed by atoms with Crippen LogP contribution >= 0.6 is 12.0 Å². The number of nitrogens with zero attached hydrogens (tertiary/aromatic N) is 1. The Balaban J connectivity index is 1.79. The van der Waals surface area contributed by atoms with Crippen molar-refractivity contribution in [3.63, 3.8) is 0 Å². The van der Waals surface area contributed by atoms with E-state index in [9.17, 15) is 0 Å². The standard InChI is InChI=1S/C13H20N2O3S/c1-11-3-5-12(6-4-11)19-18-10-13(14)9-15(16-2)7-8-17-13/h3-6H,7-10,14H2,1-2H3. The summed E-state index contributed by atoms with van der Waals surface area (Å²) in [6, 6.07) is 8.14. The maximum absolute atomic E-state index is 6.13. The highest BCUT2D eigenvalue weighted by molar-refractivity contribution is 7.94. The largest absolute Gasteiger partial charge is 0.355 e. The molecule has 1 unspecified atom stereocenters. The Morgan fingerprint density at radius 2 is 2.16 bits per heavy atom. The van der Waals surface area contributed by atoms with Gasteiger partial charge >= 0.3 is 0 Å². The molecule has 0 saturated carbocycles. The summed E-state index contributed by atoms with van der Waals surface area (Å²) in [5, 5.41) is 1.78. The quantitative estimate of drug-likeness (QED) is 0.828. The Bertz CT molecular complexity index is 401. The summed E-state index contributed by atoms with van der Waals surface area (Å²) in [7, 11) is 1.63. The highest BCUT2D eigenvalue weighted by Gasteiger charge is 2.33. The van der Waals surface area contributed by atoms with Crippen molar-refractivity contribution in [2.45, 2.75) is 17.5 Å². The lowest BCUT2D eigenvalue weighted by molar-refractivity contribution is -0.229. The van der Waals surface area contributed by atoms with Gasteiger partial charge in [-0.15, -0.1) is 0 Å². The Hall–Kier alpha value is -0.630. The molecule has 1 aromatic rings. The van der Waals surface area contributed by atoms with Crippen molar-refractivity contribution in [3.8, 4) is 0 Å². The Labute approximate surface area is 118 Å². The summed E-state index contributed by atoms with van der Waals surface area (Å²) in [5.74, 6) is 0. The van der Waals surface area contributed by atoms with Crippen LogP contribution in [0.1, 0.15) is 5.56 Å². The van der Waals surface area contributed by atoms with Crippen molar-refractivity contribution in [2.75, 3.05) is 33.4 Å². The van der Waals surface area contributed by atoms with Crippen LogP contribution in [0, 0.1) is 6.92 Å². The molecule has 2 rings (SSSR count). The second-order valence-corrected chi connectivity index (χ2v) is 5.49. The molecule has 6 heteroatoms. The van der Waals surface area contributed by atoms with Gasteiger partial charge in [0.1, 0.15) is 6.61 Å². The predicted octanol–water partition coefficient (Wildman–Crippen LogP) is 1.57. The first-order chi connectivity index (χ1) is 9.11. The van der Waals surface area contributed by atoms with Crippen molar-refractivity contribution in [3.05, 3.63) is 29.8 Å². The summed E-state index contributed by atoms with van der Waals surface area (Å²) >= 11 is 1.31. The van der Waals surface area contributed by atoms with Crippen LogP contribution in [0.2, 0.25) is 0 Å². The molecular formula is C13H20N2O3S. The maximum Gasteiger partial charge on any atom is 0.156 e. The number of rotatable bonds is 5. The summed E-state index contributed by atoms with van der Waals surface area (Å²) in [4.78, 5) is 6.22. The fourth-order valence-electron chi connectivity index (χ4n) is 1.81. The first-order valence-corrected chi connectivity index (χ1v) is 6.93. The fraction of sp³-hybridized carbons (Fsp3) is 0.538. The minimum absolute atomic E-state index is 0.311. The van der Waals surface area contributed by atoms with Gasteiger partial charge in [0, 0.05) is 23.5 Å². The van der Waals surface area contributed by atoms with Crippen molar-refractivity contribution in [1.29, 1.82) is 0 Å². The van der Waals surface area contributed by atoms with Crippen LogP contribution < -0.4 is 5.73 Å². The highest BCUT2D eigenvalue weighted by atomic mass is 32.2. The number of nitrogens with two attached hydrogens (primary N) is 1. The van der Waals surface area contributed by atoms with Crippen molar-refractivity contribution in [1.82, 2.24) is 5.06 Å². The molecule has 1 aliphatic heterocycles. The summed E-state index contributed by atoms with van der Waals surface area (Å²) < 4.78 is 11.2. The molecule has 0 amide bonds. The van der Waals surface area contributed by atoms with Gasteiger partial charge in [0.25, 0.3) is 0 Å². The van der Waals surface area contributed by atoms with E-state index in [4.69, 9.17) is 19.5 Å². The van der Waals surface area contributed by atoms with Gasteiger partial charge in [-0.1, -0.05) is 17.7 Å². The summed E-state index contributed by atoms with van der Waals surface area (Å²) in [6.45, 7) is 4.13. The van der Waals surface area contributed by atoms with Gasteiger partial charge in [-0.2, -0.15) is 5.06 Å². The normalized spacial score (nSPS) is 24.6. The maximum atomic E-state index is 6.13. The van der Waals surface area contributed by atoms with Crippen LogP contribution in [0.3, 0.4) is 0 Å². The minimum atomic E-state index is -0.814. The van der Waals surface area contributed by atoms with E-state index in [0.717, 1.165) is 11.4 Å². The van der Waals surface area contributed by atoms with E-state index in [-0.39, 0.29) is 0 Å². The zero-order valence-corrected chi connectivity index (χ0v) is 12.1. The number of ether oxygens (including phenoxy) is 1. The monoisotopic (exact) mass is 284 g/mol. The molecule has 1 aromatic carbocycles. The van der Waals surface area contributed by atoms with E-state index >= 15 is 0 Å². The number of morpholine rings is 1. The highest BCUT2D eigenvalue weighted by Crippen LogP contribution is 2.22. The van der Waals surface area contributed by atoms with E-state index in [1.165, 1.54) is 17.6 Å². The minimum Gasteiger partial charge on any atom is -0.355 e. The van der Waals surface area contributed by atoms with E-state index in [0.29, 0.717) is 19.8 Å². The van der Waals surface area contributed by atoms with Crippen LogP contribution in [-0.4, -0.2) is 44.2 Å². The van der Waals surface area contributed by atoms with Gasteiger partial charge in [-0.25, -0.2) is 0 Å². The molecule has 1 fully saturated rings. The van der Waals surface area contributed by atoms with Gasteiger partial charge in [0.05, 0.1) is 20.3 Å². The molecule has 0 aliphatic carbocycles. The second kappa shape index (κ2) is 6.69. The molecular weight excluding hydrogens is 264 g/mol. The SMILES string of the molecule is CON1CCOC(N)(COSc2ccc(C)cc2)C1. The van der Waals surface area contributed by atoms with Gasteiger partial charge in [0.15, 0.2) is 5.72 Å². The average Bonchev–Trinajstić information content (AvgIpc) is 2.41. The number of aryl methyl sites for hydroxylation is 1. The Morgan fingerprint density at radius 1 is 1.42 bits per heavy atom. The fourth-order valence-corrected chi connectivity index (χ4v) is 2.45. The average molecular weight is 284 g/mol. The number of hydrogen-bond acceptors (Lipinski definition) is 6. The molecule has 0 bridgehead atoms. The Kier molecular flexibility index (Phi) is 5.20. The number of benzene rings is 1. The van der Waals surface area contributed by atoms with E-state index in [1.807, 2.05) is 24.3 Å². The third-order valence-corrected chi connectivity index (χ3v) is 3.61. The smallest absolute Gasteiger partial charge is 0.156 e. The third-order valence-electron chi connectivity index (χ3n) is 2.91. The van der Waals surface area contributed by atoms with Crippen LogP contribution in [-0.2, 0) is 13.8 Å². The van der Waals surface area contributed by atoms with Crippen LogP contribution in [0.5, 0.6) is 0 Å². The molecule has 0 radical (unpaired) electrons. The molecule has 19 heavy (non-hydrogen) atoms. The number of hydroxylamine groups is 2. The Morgan fingerprint density at radius 3 is 2.84 bits per heavy atom. The van der Waals surface area contributed by atoms with Gasteiger partial charge in [0.2, 0.25) is 0 Å². The van der Waals surface area contributed by atoms with Gasteiger partial charge < -0.3 is 19.5 Å². The zero-order chi connectivity index (χ0) is 13.7. The van der Waals surface area contributed by atoms with Gasteiger partial charge in [-0.3, -0.25) is 0 Å². The summed E-state index contributed by atoms with van der Waals surface area (Å²) in [5.41, 5.74) is 6.55. The lowest BCUT2D eigenvalue weighted by Gasteiger charge is -2.38. The lowest BCUT2D eigenvalue weighted by Crippen LogP contribution is -2.59. The second-order valence-electron chi connectivity index (χ2n) is 4.62. The molecule has 1 saturated heterocycles. The van der Waals surface area contributed by atoms with E-state index in [1.54, 1.807) is 12.2 Å². The van der Waals surface area contributed by atoms with Crippen LogP contribution in [0.4, 0.5) is 0 Å². The molecule has 0 aromatic heterocycles. The lowest BCUT2D eigenvalue weighted by atomic mass is 10.2. The number of hydrogen-bond donors (Lipinski definition) is 1. The van der Waals surface area contributed by atoms with Gasteiger partial charge in [-0.05, 0) is 19.1 Å². The molecule has 2 N–H and O–H groups in total. The zero-order valence-electron chi connectivity index (χ0n) is 11.3. The molecule has 0 spiro atoms. The molecule has 1 heterocycles. The van der Waals surface area contributed by atoms with Crippen LogP contribution in [0.15, 0.2) is 29.2 Å².